The van der Waals surface area contributed by atoms with Gasteiger partial charge in [0.05, 0.1) is 5.57 Å². The molecule has 0 amide bonds. The Bertz CT molecular complexity index is 623. The van der Waals surface area contributed by atoms with E-state index in [-0.39, 0.29) is 12.8 Å². The van der Waals surface area contributed by atoms with Crippen LogP contribution >= 0.6 is 0 Å². The third-order valence-corrected chi connectivity index (χ3v) is 6.27. The van der Waals surface area contributed by atoms with Crippen LogP contribution in [0.1, 0.15) is 104 Å². The molecule has 170 valence electrons. The Labute approximate surface area is 175 Å². The van der Waals surface area contributed by atoms with Crippen LogP contribution in [-0.2, 0) is 19.7 Å². The maximum atomic E-state index is 11.6. The first-order valence-corrected chi connectivity index (χ1v) is 12.3. The maximum absolute atomic E-state index is 11.6. The Hall–Kier alpha value is -1.41. The molecule has 0 aromatic rings. The highest BCUT2D eigenvalue weighted by Gasteiger charge is 2.35. The van der Waals surface area contributed by atoms with E-state index in [1.54, 1.807) is 6.92 Å². The average molecular weight is 435 g/mol. The van der Waals surface area contributed by atoms with E-state index in [9.17, 15) is 32.8 Å². The molecule has 0 aromatic carbocycles. The van der Waals surface area contributed by atoms with Gasteiger partial charge in [0.25, 0.3) is 10.1 Å². The summed E-state index contributed by atoms with van der Waals surface area (Å²) >= 11 is 0. The van der Waals surface area contributed by atoms with Crippen LogP contribution in [0.5, 0.6) is 0 Å². The molecule has 0 saturated carbocycles. The number of aliphatic carboxylic acids is 2. The SMILES string of the molecule is CCCCCCCCCCCCC/C(C(=O)O)=C(/C(=O)O)C(CCC)S(=O)(=O)O. The molecule has 0 saturated heterocycles. The Morgan fingerprint density at radius 3 is 1.52 bits per heavy atom. The normalized spacial score (nSPS) is 13.8. The molecule has 0 aliphatic heterocycles. The van der Waals surface area contributed by atoms with Gasteiger partial charge >= 0.3 is 11.9 Å². The maximum Gasteiger partial charge on any atom is 0.333 e. The van der Waals surface area contributed by atoms with Crippen molar-refractivity contribution in [3.05, 3.63) is 11.1 Å². The van der Waals surface area contributed by atoms with Crippen molar-refractivity contribution in [1.29, 1.82) is 0 Å². The van der Waals surface area contributed by atoms with E-state index in [2.05, 4.69) is 6.92 Å². The Morgan fingerprint density at radius 2 is 1.17 bits per heavy atom. The number of unbranched alkanes of at least 4 members (excludes halogenated alkanes) is 10. The number of hydrogen-bond acceptors (Lipinski definition) is 4. The number of hydrogen-bond donors (Lipinski definition) is 3. The van der Waals surface area contributed by atoms with Crippen LogP contribution in [0, 0.1) is 0 Å². The van der Waals surface area contributed by atoms with Crippen molar-refractivity contribution in [2.45, 2.75) is 109 Å². The molecule has 0 aromatic heterocycles. The molecular formula is C21H38O7S. The molecule has 0 radical (unpaired) electrons. The van der Waals surface area contributed by atoms with E-state index >= 15 is 0 Å². The molecule has 0 bridgehead atoms. The lowest BCUT2D eigenvalue weighted by Gasteiger charge is -2.17. The summed E-state index contributed by atoms with van der Waals surface area (Å²) in [4.78, 5) is 23.2. The molecule has 8 heteroatoms. The number of rotatable bonds is 18. The Kier molecular flexibility index (Phi) is 14.7. The molecule has 0 spiro atoms. The van der Waals surface area contributed by atoms with Crippen molar-refractivity contribution in [3.8, 4) is 0 Å². The van der Waals surface area contributed by atoms with E-state index in [4.69, 9.17) is 0 Å². The van der Waals surface area contributed by atoms with E-state index in [1.807, 2.05) is 0 Å². The molecule has 0 aliphatic carbocycles. The van der Waals surface area contributed by atoms with Gasteiger partial charge in [-0.2, -0.15) is 8.42 Å². The first kappa shape index (κ1) is 27.6. The zero-order valence-electron chi connectivity index (χ0n) is 17.9. The summed E-state index contributed by atoms with van der Waals surface area (Å²) in [5.41, 5.74) is -1.14. The monoisotopic (exact) mass is 434 g/mol. The van der Waals surface area contributed by atoms with Crippen LogP contribution in [0.25, 0.3) is 0 Å². The average Bonchev–Trinajstić information content (AvgIpc) is 2.62. The third kappa shape index (κ3) is 12.0. The lowest BCUT2D eigenvalue weighted by molar-refractivity contribution is -0.136. The van der Waals surface area contributed by atoms with Crippen LogP contribution in [0.4, 0.5) is 0 Å². The zero-order chi connectivity index (χ0) is 22.3. The second-order valence-corrected chi connectivity index (χ2v) is 9.18. The molecule has 3 N–H and O–H groups in total. The highest BCUT2D eigenvalue weighted by Crippen LogP contribution is 2.25. The smallest absolute Gasteiger partial charge is 0.333 e. The Balaban J connectivity index is 4.71. The van der Waals surface area contributed by atoms with Crippen molar-refractivity contribution in [2.75, 3.05) is 0 Å². The summed E-state index contributed by atoms with van der Waals surface area (Å²) in [7, 11) is -4.71. The third-order valence-electron chi connectivity index (χ3n) is 5.08. The molecule has 0 fully saturated rings. The van der Waals surface area contributed by atoms with Gasteiger partial charge in [0.1, 0.15) is 5.25 Å². The van der Waals surface area contributed by atoms with E-state index < -0.39 is 38.5 Å². The van der Waals surface area contributed by atoms with Crippen LogP contribution in [-0.4, -0.2) is 40.4 Å². The topological polar surface area (TPSA) is 129 Å². The summed E-state index contributed by atoms with van der Waals surface area (Å²) in [5, 5.41) is 17.2. The second kappa shape index (κ2) is 15.4. The molecule has 7 nitrogen and oxygen atoms in total. The summed E-state index contributed by atoms with van der Waals surface area (Å²) < 4.78 is 32.6. The van der Waals surface area contributed by atoms with Gasteiger partial charge in [-0.1, -0.05) is 84.5 Å². The first-order chi connectivity index (χ1) is 13.7. The van der Waals surface area contributed by atoms with Gasteiger partial charge < -0.3 is 10.2 Å². The predicted molar refractivity (Wildman–Crippen MR) is 114 cm³/mol. The number of carboxylic acid groups (broad SMARTS) is 2. The Morgan fingerprint density at radius 1 is 0.724 bits per heavy atom. The standard InChI is InChI=1S/C21H38O7S/c1-3-5-6-7-8-9-10-11-12-13-14-16-17(20(22)23)19(21(24)25)18(15-4-2)29(26,27)28/h18H,3-16H2,1-2H3,(H,22,23)(H,24,25)(H,26,27,28)/b19-17-. The van der Waals surface area contributed by atoms with Crippen molar-refractivity contribution in [3.63, 3.8) is 0 Å². The van der Waals surface area contributed by atoms with Crippen LogP contribution < -0.4 is 0 Å². The minimum absolute atomic E-state index is 0.0241. The molecule has 0 heterocycles. The molecule has 29 heavy (non-hydrogen) atoms. The van der Waals surface area contributed by atoms with Gasteiger partial charge in [-0.15, -0.1) is 0 Å². The number of carbonyl (C=O) groups is 2. The van der Waals surface area contributed by atoms with Gasteiger partial charge in [-0.3, -0.25) is 4.55 Å². The van der Waals surface area contributed by atoms with Gasteiger partial charge in [-0.25, -0.2) is 9.59 Å². The summed E-state index contributed by atoms with van der Waals surface area (Å²) in [6.45, 7) is 3.83. The predicted octanol–water partition coefficient (Wildman–Crippen LogP) is 5.21. The van der Waals surface area contributed by atoms with E-state index in [1.165, 1.54) is 38.5 Å². The van der Waals surface area contributed by atoms with Crippen LogP contribution in [0.2, 0.25) is 0 Å². The van der Waals surface area contributed by atoms with Crippen molar-refractivity contribution in [1.82, 2.24) is 0 Å². The largest absolute Gasteiger partial charge is 0.478 e. The van der Waals surface area contributed by atoms with Crippen LogP contribution in [0.15, 0.2) is 11.1 Å². The number of carboxylic acids is 2. The van der Waals surface area contributed by atoms with Gasteiger partial charge in [0.15, 0.2) is 0 Å². The highest BCUT2D eigenvalue weighted by molar-refractivity contribution is 7.86. The van der Waals surface area contributed by atoms with Crippen molar-refractivity contribution in [2.24, 2.45) is 0 Å². The fourth-order valence-electron chi connectivity index (χ4n) is 3.49. The quantitative estimate of drug-likeness (QED) is 0.153. The summed E-state index contributed by atoms with van der Waals surface area (Å²) in [6, 6.07) is 0. The molecule has 0 rings (SSSR count). The van der Waals surface area contributed by atoms with Gasteiger partial charge in [0, 0.05) is 5.57 Å². The fraction of sp³-hybridized carbons (Fsp3) is 0.810. The second-order valence-electron chi connectivity index (χ2n) is 7.58. The van der Waals surface area contributed by atoms with E-state index in [0.29, 0.717) is 12.8 Å². The summed E-state index contributed by atoms with van der Waals surface area (Å²) in [6.07, 6.45) is 12.0. The lowest BCUT2D eigenvalue weighted by atomic mass is 9.96. The molecular weight excluding hydrogens is 396 g/mol. The molecule has 1 unspecified atom stereocenters. The van der Waals surface area contributed by atoms with E-state index in [0.717, 1.165) is 25.7 Å². The molecule has 0 aliphatic rings. The van der Waals surface area contributed by atoms with Crippen LogP contribution in [0.3, 0.4) is 0 Å². The van der Waals surface area contributed by atoms with Crippen molar-refractivity contribution >= 4 is 22.1 Å². The minimum Gasteiger partial charge on any atom is -0.478 e. The minimum atomic E-state index is -4.71. The first-order valence-electron chi connectivity index (χ1n) is 10.8. The zero-order valence-corrected chi connectivity index (χ0v) is 18.7. The molecule has 1 atom stereocenters. The fourth-order valence-corrected chi connectivity index (χ4v) is 4.56. The van der Waals surface area contributed by atoms with Gasteiger partial charge in [0.2, 0.25) is 0 Å². The lowest BCUT2D eigenvalue weighted by Crippen LogP contribution is -2.30. The van der Waals surface area contributed by atoms with Crippen molar-refractivity contribution < 1.29 is 32.8 Å². The summed E-state index contributed by atoms with van der Waals surface area (Å²) in [5.74, 6) is -3.05. The highest BCUT2D eigenvalue weighted by atomic mass is 32.2. The van der Waals surface area contributed by atoms with Gasteiger partial charge in [-0.05, 0) is 19.3 Å².